The third-order valence-electron chi connectivity index (χ3n) is 2.58. The van der Waals surface area contributed by atoms with Crippen LogP contribution in [0.15, 0.2) is 36.4 Å². The lowest BCUT2D eigenvalue weighted by Gasteiger charge is -2.11. The molecule has 3 nitrogen and oxygen atoms in total. The van der Waals surface area contributed by atoms with E-state index in [9.17, 15) is 0 Å². The molecule has 17 heavy (non-hydrogen) atoms. The fourth-order valence-corrected chi connectivity index (χ4v) is 1.67. The molecule has 0 spiro atoms. The third kappa shape index (κ3) is 2.50. The van der Waals surface area contributed by atoms with Gasteiger partial charge in [-0.2, -0.15) is 0 Å². The number of nitrogens with two attached hydrogens (primary N) is 2. The second kappa shape index (κ2) is 4.37. The maximum Gasteiger partial charge on any atom is 0.150 e. The average molecular weight is 228 g/mol. The van der Waals surface area contributed by atoms with Gasteiger partial charge in [0, 0.05) is 5.69 Å². The molecule has 2 aromatic carbocycles. The van der Waals surface area contributed by atoms with Crippen molar-refractivity contribution in [1.82, 2.24) is 0 Å². The van der Waals surface area contributed by atoms with Crippen molar-refractivity contribution >= 4 is 11.4 Å². The normalized spacial score (nSPS) is 10.2. The van der Waals surface area contributed by atoms with E-state index >= 15 is 0 Å². The lowest BCUT2D eigenvalue weighted by atomic mass is 10.2. The number of benzene rings is 2. The summed E-state index contributed by atoms with van der Waals surface area (Å²) in [6.45, 7) is 3.95. The van der Waals surface area contributed by atoms with Crippen molar-refractivity contribution in [3.8, 4) is 11.5 Å². The van der Waals surface area contributed by atoms with Crippen molar-refractivity contribution < 1.29 is 4.74 Å². The Kier molecular flexibility index (Phi) is 2.91. The summed E-state index contributed by atoms with van der Waals surface area (Å²) in [6.07, 6.45) is 0. The van der Waals surface area contributed by atoms with Crippen molar-refractivity contribution in [2.45, 2.75) is 13.8 Å². The summed E-state index contributed by atoms with van der Waals surface area (Å²) in [5.41, 5.74) is 15.1. The highest BCUT2D eigenvalue weighted by Gasteiger charge is 2.05. The lowest BCUT2D eigenvalue weighted by molar-refractivity contribution is 0.481. The van der Waals surface area contributed by atoms with Gasteiger partial charge in [-0.15, -0.1) is 0 Å². The van der Waals surface area contributed by atoms with E-state index < -0.39 is 0 Å². The van der Waals surface area contributed by atoms with Gasteiger partial charge in [0.05, 0.1) is 5.69 Å². The highest BCUT2D eigenvalue weighted by atomic mass is 16.5. The molecule has 4 N–H and O–H groups in total. The van der Waals surface area contributed by atoms with Crippen molar-refractivity contribution in [3.63, 3.8) is 0 Å². The van der Waals surface area contributed by atoms with Crippen LogP contribution in [0, 0.1) is 13.8 Å². The van der Waals surface area contributed by atoms with E-state index in [1.807, 2.05) is 50.2 Å². The molecule has 0 saturated carbocycles. The second-order valence-electron chi connectivity index (χ2n) is 4.17. The average Bonchev–Trinajstić information content (AvgIpc) is 2.25. The van der Waals surface area contributed by atoms with E-state index in [2.05, 4.69) is 0 Å². The molecule has 0 aromatic heterocycles. The molecule has 3 heteroatoms. The van der Waals surface area contributed by atoms with Gasteiger partial charge >= 0.3 is 0 Å². The molecule has 0 bridgehead atoms. The van der Waals surface area contributed by atoms with Gasteiger partial charge in [0.2, 0.25) is 0 Å². The first-order valence-corrected chi connectivity index (χ1v) is 5.46. The van der Waals surface area contributed by atoms with Crippen LogP contribution in [0.3, 0.4) is 0 Å². The van der Waals surface area contributed by atoms with Gasteiger partial charge in [-0.25, -0.2) is 0 Å². The van der Waals surface area contributed by atoms with Crippen molar-refractivity contribution in [2.75, 3.05) is 11.5 Å². The monoisotopic (exact) mass is 228 g/mol. The molecular weight excluding hydrogens is 212 g/mol. The molecule has 0 aliphatic rings. The Labute approximate surface area is 101 Å². The summed E-state index contributed by atoms with van der Waals surface area (Å²) in [6, 6.07) is 11.3. The molecule has 0 saturated heterocycles. The van der Waals surface area contributed by atoms with Gasteiger partial charge < -0.3 is 16.2 Å². The van der Waals surface area contributed by atoms with E-state index in [1.165, 1.54) is 0 Å². The molecular formula is C14H16N2O. The van der Waals surface area contributed by atoms with Gasteiger partial charge in [0.1, 0.15) is 11.5 Å². The minimum absolute atomic E-state index is 0.640. The lowest BCUT2D eigenvalue weighted by Crippen LogP contribution is -1.95. The fourth-order valence-electron chi connectivity index (χ4n) is 1.67. The minimum Gasteiger partial charge on any atom is -0.455 e. The SMILES string of the molecule is Cc1ccc(Oc2ccc(N)cc2C)c(N)c1. The van der Waals surface area contributed by atoms with Crippen LogP contribution in [0.4, 0.5) is 11.4 Å². The molecule has 88 valence electrons. The quantitative estimate of drug-likeness (QED) is 0.775. The van der Waals surface area contributed by atoms with Gasteiger partial charge in [0.25, 0.3) is 0 Å². The molecule has 0 radical (unpaired) electrons. The van der Waals surface area contributed by atoms with Crippen LogP contribution in [0.2, 0.25) is 0 Å². The van der Waals surface area contributed by atoms with E-state index in [-0.39, 0.29) is 0 Å². The van der Waals surface area contributed by atoms with Crippen molar-refractivity contribution in [1.29, 1.82) is 0 Å². The van der Waals surface area contributed by atoms with Crippen LogP contribution in [-0.4, -0.2) is 0 Å². The summed E-state index contributed by atoms with van der Waals surface area (Å²) in [5, 5.41) is 0. The van der Waals surface area contributed by atoms with Crippen LogP contribution < -0.4 is 16.2 Å². The number of aryl methyl sites for hydroxylation is 2. The smallest absolute Gasteiger partial charge is 0.150 e. The Hall–Kier alpha value is -2.16. The minimum atomic E-state index is 0.640. The predicted molar refractivity (Wildman–Crippen MR) is 71.3 cm³/mol. The first-order valence-electron chi connectivity index (χ1n) is 5.46. The fraction of sp³-hybridized carbons (Fsp3) is 0.143. The summed E-state index contributed by atoms with van der Waals surface area (Å²) in [4.78, 5) is 0. The molecule has 0 aliphatic heterocycles. The first-order chi connectivity index (χ1) is 8.06. The maximum absolute atomic E-state index is 5.90. The first kappa shape index (κ1) is 11.3. The Bertz CT molecular complexity index is 500. The molecule has 2 aromatic rings. The Morgan fingerprint density at radius 1 is 0.882 bits per heavy atom. The van der Waals surface area contributed by atoms with Gasteiger partial charge in [-0.1, -0.05) is 6.07 Å². The van der Waals surface area contributed by atoms with Crippen molar-refractivity contribution in [3.05, 3.63) is 47.5 Å². The Morgan fingerprint density at radius 3 is 2.24 bits per heavy atom. The van der Waals surface area contributed by atoms with E-state index in [1.54, 1.807) is 0 Å². The van der Waals surface area contributed by atoms with Crippen LogP contribution >= 0.6 is 0 Å². The summed E-state index contributed by atoms with van der Waals surface area (Å²) in [7, 11) is 0. The standard InChI is InChI=1S/C14H16N2O/c1-9-3-5-14(12(16)7-9)17-13-6-4-11(15)8-10(13)2/h3-8H,15-16H2,1-2H3. The van der Waals surface area contributed by atoms with E-state index in [4.69, 9.17) is 16.2 Å². The molecule has 2 rings (SSSR count). The zero-order chi connectivity index (χ0) is 12.4. The maximum atomic E-state index is 5.90. The number of ether oxygens (including phenoxy) is 1. The van der Waals surface area contributed by atoms with Crippen LogP contribution in [0.5, 0.6) is 11.5 Å². The molecule has 0 fully saturated rings. The van der Waals surface area contributed by atoms with Gasteiger partial charge in [-0.3, -0.25) is 0 Å². The molecule has 0 amide bonds. The highest BCUT2D eigenvalue weighted by Crippen LogP contribution is 2.30. The molecule has 0 aliphatic carbocycles. The number of rotatable bonds is 2. The largest absolute Gasteiger partial charge is 0.455 e. The summed E-state index contributed by atoms with van der Waals surface area (Å²) < 4.78 is 5.77. The number of nitrogen functional groups attached to an aromatic ring is 2. The second-order valence-corrected chi connectivity index (χ2v) is 4.17. The number of hydrogen-bond acceptors (Lipinski definition) is 3. The zero-order valence-electron chi connectivity index (χ0n) is 10.0. The van der Waals surface area contributed by atoms with Crippen LogP contribution in [0.25, 0.3) is 0 Å². The molecule has 0 atom stereocenters. The number of hydrogen-bond donors (Lipinski definition) is 2. The van der Waals surface area contributed by atoms with Crippen LogP contribution in [-0.2, 0) is 0 Å². The topological polar surface area (TPSA) is 61.3 Å². The van der Waals surface area contributed by atoms with E-state index in [0.717, 1.165) is 22.6 Å². The van der Waals surface area contributed by atoms with E-state index in [0.29, 0.717) is 11.4 Å². The van der Waals surface area contributed by atoms with Gasteiger partial charge in [0.15, 0.2) is 0 Å². The van der Waals surface area contributed by atoms with Crippen molar-refractivity contribution in [2.24, 2.45) is 0 Å². The van der Waals surface area contributed by atoms with Gasteiger partial charge in [-0.05, 0) is 55.3 Å². The highest BCUT2D eigenvalue weighted by molar-refractivity contribution is 5.57. The Morgan fingerprint density at radius 2 is 1.59 bits per heavy atom. The predicted octanol–water partition coefficient (Wildman–Crippen LogP) is 3.26. The van der Waals surface area contributed by atoms with Crippen LogP contribution in [0.1, 0.15) is 11.1 Å². The Balaban J connectivity index is 2.31. The molecule has 0 unspecified atom stereocenters. The molecule has 0 heterocycles. The summed E-state index contributed by atoms with van der Waals surface area (Å²) >= 11 is 0. The summed E-state index contributed by atoms with van der Waals surface area (Å²) in [5.74, 6) is 1.44. The number of anilines is 2. The zero-order valence-corrected chi connectivity index (χ0v) is 10.0. The third-order valence-corrected chi connectivity index (χ3v) is 2.58.